The molecule has 0 amide bonds. The van der Waals surface area contributed by atoms with Crippen LogP contribution in [0.25, 0.3) is 0 Å². The maximum absolute atomic E-state index is 6.15. The Balaban J connectivity index is 0.00000144. The van der Waals surface area contributed by atoms with Crippen LogP contribution in [-0.4, -0.2) is 24.5 Å². The summed E-state index contributed by atoms with van der Waals surface area (Å²) in [4.78, 5) is 2.47. The largest absolute Gasteiger partial charge is 0.330 e. The van der Waals surface area contributed by atoms with Crippen LogP contribution in [0, 0.1) is 5.92 Å². The highest BCUT2D eigenvalue weighted by atomic mass is 35.5. The third-order valence-electron chi connectivity index (χ3n) is 3.39. The number of likely N-dealkylation sites (tertiary alicyclic amines) is 1. The van der Waals surface area contributed by atoms with Crippen LogP contribution >= 0.6 is 36.4 Å². The molecule has 0 saturated carbocycles. The fraction of sp³-hybridized carbons (Fsp3) is 0.538. The van der Waals surface area contributed by atoms with Crippen molar-refractivity contribution in [1.82, 2.24) is 4.90 Å². The van der Waals surface area contributed by atoms with Crippen molar-refractivity contribution in [2.45, 2.75) is 19.4 Å². The molecule has 2 nitrogen and oxygen atoms in total. The van der Waals surface area contributed by atoms with E-state index < -0.39 is 0 Å². The van der Waals surface area contributed by atoms with Crippen LogP contribution in [-0.2, 0) is 6.54 Å². The van der Waals surface area contributed by atoms with Gasteiger partial charge in [0.2, 0.25) is 0 Å². The van der Waals surface area contributed by atoms with E-state index >= 15 is 0 Å². The van der Waals surface area contributed by atoms with Crippen molar-refractivity contribution in [2.24, 2.45) is 11.7 Å². The zero-order chi connectivity index (χ0) is 11.4. The van der Waals surface area contributed by atoms with Gasteiger partial charge in [-0.15, -0.1) is 24.8 Å². The number of hydrogen-bond donors (Lipinski definition) is 1. The van der Waals surface area contributed by atoms with Crippen LogP contribution in [0.5, 0.6) is 0 Å². The Hall–Kier alpha value is 0.01000. The van der Waals surface area contributed by atoms with Gasteiger partial charge in [-0.25, -0.2) is 0 Å². The summed E-state index contributed by atoms with van der Waals surface area (Å²) in [6, 6.07) is 8.10. The van der Waals surface area contributed by atoms with Gasteiger partial charge < -0.3 is 5.73 Å². The maximum atomic E-state index is 6.15. The Kier molecular flexibility index (Phi) is 9.01. The highest BCUT2D eigenvalue weighted by Gasteiger charge is 2.18. The van der Waals surface area contributed by atoms with E-state index in [0.717, 1.165) is 37.1 Å². The van der Waals surface area contributed by atoms with E-state index in [0.29, 0.717) is 0 Å². The smallest absolute Gasteiger partial charge is 0.0451 e. The van der Waals surface area contributed by atoms with Gasteiger partial charge in [0.1, 0.15) is 0 Å². The zero-order valence-electron chi connectivity index (χ0n) is 10.3. The third kappa shape index (κ3) is 4.94. The van der Waals surface area contributed by atoms with E-state index in [1.807, 2.05) is 18.2 Å². The first-order chi connectivity index (χ1) is 7.79. The van der Waals surface area contributed by atoms with Crippen LogP contribution in [0.4, 0.5) is 0 Å². The number of benzene rings is 1. The molecule has 1 aromatic rings. The summed E-state index contributed by atoms with van der Waals surface area (Å²) >= 11 is 6.15. The second-order valence-electron chi connectivity index (χ2n) is 4.55. The molecular weight excluding hydrogens is 291 g/mol. The highest BCUT2D eigenvalue weighted by molar-refractivity contribution is 6.31. The predicted octanol–water partition coefficient (Wildman–Crippen LogP) is 3.35. The third-order valence-corrected chi connectivity index (χ3v) is 3.76. The first-order valence-electron chi connectivity index (χ1n) is 5.95. The maximum Gasteiger partial charge on any atom is 0.0451 e. The molecule has 1 aromatic carbocycles. The monoisotopic (exact) mass is 310 g/mol. The molecule has 2 N–H and O–H groups in total. The molecule has 1 aliphatic rings. The van der Waals surface area contributed by atoms with Gasteiger partial charge in [-0.3, -0.25) is 4.90 Å². The van der Waals surface area contributed by atoms with E-state index in [1.54, 1.807) is 0 Å². The SMILES string of the molecule is Cl.Cl.NCC1CCN(Cc2ccccc2Cl)CC1. The summed E-state index contributed by atoms with van der Waals surface area (Å²) in [5.41, 5.74) is 6.92. The Labute approximate surface area is 127 Å². The average Bonchev–Trinajstić information content (AvgIpc) is 2.33. The van der Waals surface area contributed by atoms with Crippen molar-refractivity contribution < 1.29 is 0 Å². The lowest BCUT2D eigenvalue weighted by Crippen LogP contribution is -2.35. The summed E-state index contributed by atoms with van der Waals surface area (Å²) in [5, 5.41) is 0.878. The molecule has 5 heteroatoms. The first-order valence-corrected chi connectivity index (χ1v) is 6.33. The highest BCUT2D eigenvalue weighted by Crippen LogP contribution is 2.21. The van der Waals surface area contributed by atoms with E-state index in [1.165, 1.54) is 18.4 Å². The first kappa shape index (κ1) is 18.0. The standard InChI is InChI=1S/C13H19ClN2.2ClH/c14-13-4-2-1-3-12(13)10-16-7-5-11(9-15)6-8-16;;/h1-4,11H,5-10,15H2;2*1H. The number of nitrogens with zero attached hydrogens (tertiary/aromatic N) is 1. The molecule has 0 aromatic heterocycles. The van der Waals surface area contributed by atoms with Crippen molar-refractivity contribution in [1.29, 1.82) is 0 Å². The van der Waals surface area contributed by atoms with Crippen LogP contribution in [0.2, 0.25) is 5.02 Å². The fourth-order valence-electron chi connectivity index (χ4n) is 2.25. The number of piperidine rings is 1. The van der Waals surface area contributed by atoms with Crippen LogP contribution in [0.15, 0.2) is 24.3 Å². The number of rotatable bonds is 3. The van der Waals surface area contributed by atoms with Gasteiger partial charge in [-0.1, -0.05) is 29.8 Å². The van der Waals surface area contributed by atoms with Gasteiger partial charge in [-0.05, 0) is 50.0 Å². The summed E-state index contributed by atoms with van der Waals surface area (Å²) in [6.07, 6.45) is 2.45. The molecular formula is C13H21Cl3N2. The lowest BCUT2D eigenvalue weighted by Gasteiger charge is -2.31. The van der Waals surface area contributed by atoms with E-state index in [-0.39, 0.29) is 24.8 Å². The second-order valence-corrected chi connectivity index (χ2v) is 4.95. The van der Waals surface area contributed by atoms with Gasteiger partial charge in [0.15, 0.2) is 0 Å². The molecule has 0 atom stereocenters. The zero-order valence-corrected chi connectivity index (χ0v) is 12.7. The molecule has 2 rings (SSSR count). The Morgan fingerprint density at radius 2 is 1.78 bits per heavy atom. The van der Waals surface area contributed by atoms with Crippen molar-refractivity contribution in [3.63, 3.8) is 0 Å². The number of nitrogens with two attached hydrogens (primary N) is 1. The molecule has 1 saturated heterocycles. The summed E-state index contributed by atoms with van der Waals surface area (Å²) < 4.78 is 0. The second kappa shape index (κ2) is 9.00. The fourth-order valence-corrected chi connectivity index (χ4v) is 2.44. The minimum Gasteiger partial charge on any atom is -0.330 e. The minimum atomic E-state index is 0. The van der Waals surface area contributed by atoms with Gasteiger partial charge >= 0.3 is 0 Å². The summed E-state index contributed by atoms with van der Waals surface area (Å²) in [7, 11) is 0. The molecule has 1 fully saturated rings. The number of hydrogen-bond acceptors (Lipinski definition) is 2. The Morgan fingerprint density at radius 3 is 2.33 bits per heavy atom. The molecule has 0 unspecified atom stereocenters. The topological polar surface area (TPSA) is 29.3 Å². The molecule has 0 bridgehead atoms. The van der Waals surface area contributed by atoms with Crippen LogP contribution < -0.4 is 5.73 Å². The number of halogens is 3. The van der Waals surface area contributed by atoms with E-state index in [2.05, 4.69) is 11.0 Å². The summed E-state index contributed by atoms with van der Waals surface area (Å²) in [5.74, 6) is 0.725. The van der Waals surface area contributed by atoms with Gasteiger partial charge in [-0.2, -0.15) is 0 Å². The van der Waals surface area contributed by atoms with Crippen molar-refractivity contribution in [2.75, 3.05) is 19.6 Å². The molecule has 104 valence electrons. The van der Waals surface area contributed by atoms with E-state index in [9.17, 15) is 0 Å². The molecule has 1 heterocycles. The summed E-state index contributed by atoms with van der Waals surface area (Å²) in [6.45, 7) is 4.09. The quantitative estimate of drug-likeness (QED) is 0.927. The van der Waals surface area contributed by atoms with Crippen molar-refractivity contribution in [3.05, 3.63) is 34.9 Å². The van der Waals surface area contributed by atoms with Crippen LogP contribution in [0.1, 0.15) is 18.4 Å². The molecule has 0 aliphatic carbocycles. The molecule has 1 aliphatic heterocycles. The average molecular weight is 312 g/mol. The predicted molar refractivity (Wildman–Crippen MR) is 83.0 cm³/mol. The van der Waals surface area contributed by atoms with Crippen LogP contribution in [0.3, 0.4) is 0 Å². The molecule has 0 radical (unpaired) electrons. The van der Waals surface area contributed by atoms with E-state index in [4.69, 9.17) is 17.3 Å². The lowest BCUT2D eigenvalue weighted by molar-refractivity contribution is 0.180. The normalized spacial score (nSPS) is 16.8. The van der Waals surface area contributed by atoms with Crippen molar-refractivity contribution in [3.8, 4) is 0 Å². The van der Waals surface area contributed by atoms with Gasteiger partial charge in [0.05, 0.1) is 0 Å². The van der Waals surface area contributed by atoms with Gasteiger partial charge in [0, 0.05) is 11.6 Å². The van der Waals surface area contributed by atoms with Gasteiger partial charge in [0.25, 0.3) is 0 Å². The lowest BCUT2D eigenvalue weighted by atomic mass is 9.97. The van der Waals surface area contributed by atoms with Crippen molar-refractivity contribution >= 4 is 36.4 Å². The Bertz CT molecular complexity index is 339. The minimum absolute atomic E-state index is 0. The Morgan fingerprint density at radius 1 is 1.17 bits per heavy atom. The molecule has 0 spiro atoms. The molecule has 18 heavy (non-hydrogen) atoms.